The fourth-order valence-electron chi connectivity index (χ4n) is 7.31. The molecule has 42 heavy (non-hydrogen) atoms. The van der Waals surface area contributed by atoms with Crippen LogP contribution < -0.4 is 0 Å². The highest BCUT2D eigenvalue weighted by Gasteiger charge is 2.17. The molecule has 0 atom stereocenters. The maximum absolute atomic E-state index is 2.43. The van der Waals surface area contributed by atoms with E-state index in [-0.39, 0.29) is 0 Å². The van der Waals surface area contributed by atoms with Gasteiger partial charge in [0.15, 0.2) is 0 Å². The predicted molar refractivity (Wildman–Crippen MR) is 184 cm³/mol. The van der Waals surface area contributed by atoms with Crippen LogP contribution in [0.15, 0.2) is 121 Å². The van der Waals surface area contributed by atoms with Crippen molar-refractivity contribution in [1.29, 1.82) is 0 Å². The van der Waals surface area contributed by atoms with Crippen LogP contribution in [0.25, 0.3) is 76.1 Å². The van der Waals surface area contributed by atoms with E-state index in [1.54, 1.807) is 0 Å². The van der Waals surface area contributed by atoms with Crippen molar-refractivity contribution < 1.29 is 0 Å². The van der Waals surface area contributed by atoms with Crippen LogP contribution in [-0.4, -0.2) is 0 Å². The van der Waals surface area contributed by atoms with Gasteiger partial charge in [-0.05, 0) is 116 Å². The normalized spacial score (nSPS) is 11.8. The molecule has 0 N–H and O–H groups in total. The average molecular weight is 537 g/mol. The summed E-state index contributed by atoms with van der Waals surface area (Å²) in [6, 6.07) is 45.8. The molecule has 200 valence electrons. The Hall–Kier alpha value is -4.94. The summed E-state index contributed by atoms with van der Waals surface area (Å²) in [5.74, 6) is 0. The van der Waals surface area contributed by atoms with Gasteiger partial charge in [-0.25, -0.2) is 0 Å². The zero-order chi connectivity index (χ0) is 28.5. The van der Waals surface area contributed by atoms with Gasteiger partial charge < -0.3 is 0 Å². The Kier molecular flexibility index (Phi) is 5.49. The third-order valence-electron chi connectivity index (χ3n) is 8.91. The summed E-state index contributed by atoms with van der Waals surface area (Å²) in [6.45, 7) is 8.75. The minimum Gasteiger partial charge on any atom is -0.0616 e. The van der Waals surface area contributed by atoms with Crippen molar-refractivity contribution in [3.05, 3.63) is 144 Å². The van der Waals surface area contributed by atoms with Gasteiger partial charge in [0.1, 0.15) is 0 Å². The Morgan fingerprint density at radius 2 is 0.595 bits per heavy atom. The topological polar surface area (TPSA) is 0 Å². The van der Waals surface area contributed by atoms with Crippen LogP contribution in [0.5, 0.6) is 0 Å². The molecule has 8 aromatic rings. The van der Waals surface area contributed by atoms with Crippen LogP contribution in [0, 0.1) is 27.7 Å². The first-order valence-electron chi connectivity index (χ1n) is 14.8. The molecular weight excluding hydrogens is 504 g/mol. The van der Waals surface area contributed by atoms with Gasteiger partial charge in [-0.15, -0.1) is 0 Å². The molecule has 0 amide bonds. The molecular formula is C42H32. The van der Waals surface area contributed by atoms with Gasteiger partial charge in [0.2, 0.25) is 0 Å². The van der Waals surface area contributed by atoms with Crippen molar-refractivity contribution in [3.8, 4) is 22.3 Å². The first kappa shape index (κ1) is 24.8. The molecule has 0 aliphatic carbocycles. The Balaban J connectivity index is 1.59. The summed E-state index contributed by atoms with van der Waals surface area (Å²) in [5.41, 5.74) is 10.3. The molecule has 8 aromatic carbocycles. The molecule has 0 aliphatic heterocycles. The van der Waals surface area contributed by atoms with Crippen molar-refractivity contribution in [2.24, 2.45) is 0 Å². The van der Waals surface area contributed by atoms with Crippen LogP contribution in [0.1, 0.15) is 22.3 Å². The summed E-state index contributed by atoms with van der Waals surface area (Å²) in [7, 11) is 0. The van der Waals surface area contributed by atoms with Gasteiger partial charge in [0.05, 0.1) is 0 Å². The van der Waals surface area contributed by atoms with Gasteiger partial charge in [0.25, 0.3) is 0 Å². The van der Waals surface area contributed by atoms with E-state index >= 15 is 0 Å². The van der Waals surface area contributed by atoms with Crippen LogP contribution >= 0.6 is 0 Å². The quantitative estimate of drug-likeness (QED) is 0.193. The molecule has 0 saturated heterocycles. The third kappa shape index (κ3) is 3.83. The summed E-state index contributed by atoms with van der Waals surface area (Å²) >= 11 is 0. The van der Waals surface area contributed by atoms with E-state index in [0.29, 0.717) is 0 Å². The minimum absolute atomic E-state index is 1.26. The Morgan fingerprint density at radius 1 is 0.262 bits per heavy atom. The maximum Gasteiger partial charge on any atom is -0.00137 e. The molecule has 0 heteroatoms. The van der Waals surface area contributed by atoms with E-state index in [1.807, 2.05) is 0 Å². The minimum atomic E-state index is 1.26. The van der Waals surface area contributed by atoms with Crippen LogP contribution in [0.2, 0.25) is 0 Å². The number of fused-ring (bicyclic) bond motifs is 11. The third-order valence-corrected chi connectivity index (χ3v) is 8.91. The van der Waals surface area contributed by atoms with E-state index in [2.05, 4.69) is 149 Å². The summed E-state index contributed by atoms with van der Waals surface area (Å²) < 4.78 is 0. The monoisotopic (exact) mass is 536 g/mol. The summed E-state index contributed by atoms with van der Waals surface area (Å²) in [6.07, 6.45) is 0. The van der Waals surface area contributed by atoms with E-state index in [4.69, 9.17) is 0 Å². The van der Waals surface area contributed by atoms with E-state index < -0.39 is 0 Å². The zero-order valence-electron chi connectivity index (χ0n) is 24.5. The first-order valence-corrected chi connectivity index (χ1v) is 14.8. The smallest absolute Gasteiger partial charge is 0.00137 e. The van der Waals surface area contributed by atoms with Gasteiger partial charge in [0, 0.05) is 0 Å². The number of rotatable bonds is 2. The van der Waals surface area contributed by atoms with Gasteiger partial charge >= 0.3 is 0 Å². The maximum atomic E-state index is 2.43. The van der Waals surface area contributed by atoms with Gasteiger partial charge in [-0.3, -0.25) is 0 Å². The largest absolute Gasteiger partial charge is 0.0616 e. The number of benzene rings is 8. The molecule has 0 unspecified atom stereocenters. The second-order valence-corrected chi connectivity index (χ2v) is 12.1. The first-order chi connectivity index (χ1) is 20.4. The Bertz CT molecular complexity index is 2180. The summed E-state index contributed by atoms with van der Waals surface area (Å²) in [4.78, 5) is 0. The van der Waals surface area contributed by atoms with Crippen molar-refractivity contribution >= 4 is 53.9 Å². The molecule has 0 radical (unpaired) electrons. The van der Waals surface area contributed by atoms with Crippen molar-refractivity contribution in [1.82, 2.24) is 0 Å². The predicted octanol–water partition coefficient (Wildman–Crippen LogP) is 12.0. The van der Waals surface area contributed by atoms with Crippen LogP contribution in [-0.2, 0) is 0 Å². The van der Waals surface area contributed by atoms with E-state index in [0.717, 1.165) is 0 Å². The van der Waals surface area contributed by atoms with Gasteiger partial charge in [-0.2, -0.15) is 0 Å². The lowest BCUT2D eigenvalue weighted by Crippen LogP contribution is -1.90. The van der Waals surface area contributed by atoms with Crippen molar-refractivity contribution in [2.75, 3.05) is 0 Å². The fourth-order valence-corrected chi connectivity index (χ4v) is 7.31. The second-order valence-electron chi connectivity index (χ2n) is 12.1. The zero-order valence-corrected chi connectivity index (χ0v) is 24.5. The van der Waals surface area contributed by atoms with E-state index in [1.165, 1.54) is 98.4 Å². The lowest BCUT2D eigenvalue weighted by Gasteiger charge is -2.18. The molecule has 0 aliphatic rings. The molecule has 0 bridgehead atoms. The lowest BCUT2D eigenvalue weighted by atomic mass is 9.85. The van der Waals surface area contributed by atoms with Crippen molar-refractivity contribution in [2.45, 2.75) is 27.7 Å². The van der Waals surface area contributed by atoms with E-state index in [9.17, 15) is 0 Å². The molecule has 8 rings (SSSR count). The highest BCUT2D eigenvalue weighted by molar-refractivity contribution is 6.39. The summed E-state index contributed by atoms with van der Waals surface area (Å²) in [5, 5.41) is 13.2. The standard InChI is InChI=1S/C42H32/c1-25-17-26(2)20-31(19-25)29-13-15-35-33-9-5-8-12-38(33)42-40-24-30(32-21-27(3)18-28(4)22-32)14-16-36(40)34-10-6-7-11-37(34)41(42)39(35)23-29/h5-24H,1-4H3. The molecule has 0 spiro atoms. The van der Waals surface area contributed by atoms with Crippen LogP contribution in [0.4, 0.5) is 0 Å². The Morgan fingerprint density at radius 3 is 0.976 bits per heavy atom. The molecule has 0 fully saturated rings. The number of aryl methyl sites for hydroxylation is 4. The molecule has 0 aromatic heterocycles. The fraction of sp³-hybridized carbons (Fsp3) is 0.0952. The number of hydrogen-bond acceptors (Lipinski definition) is 0. The Labute approximate surface area is 246 Å². The average Bonchev–Trinajstić information content (AvgIpc) is 2.99. The molecule has 0 nitrogen and oxygen atoms in total. The lowest BCUT2D eigenvalue weighted by molar-refractivity contribution is 1.38. The van der Waals surface area contributed by atoms with Gasteiger partial charge in [-0.1, -0.05) is 131 Å². The highest BCUT2D eigenvalue weighted by Crippen LogP contribution is 2.45. The van der Waals surface area contributed by atoms with Crippen LogP contribution in [0.3, 0.4) is 0 Å². The second kappa shape index (κ2) is 9.29. The molecule has 0 heterocycles. The number of hydrogen-bond donors (Lipinski definition) is 0. The highest BCUT2D eigenvalue weighted by atomic mass is 14.2. The van der Waals surface area contributed by atoms with Crippen molar-refractivity contribution in [3.63, 3.8) is 0 Å². The molecule has 0 saturated carbocycles. The SMILES string of the molecule is Cc1cc(C)cc(-c2ccc3c4ccccc4c4c5cc(-c6cc(C)cc(C)c6)ccc5c5ccccc5c4c3c2)c1.